The smallest absolute Gasteiger partial charge is 0.170 e. The van der Waals surface area contributed by atoms with E-state index >= 15 is 0 Å². The molecule has 2 aromatic carbocycles. The molecule has 0 saturated carbocycles. The van der Waals surface area contributed by atoms with Crippen LogP contribution in [0, 0.1) is 0 Å². The number of hydrogen-bond donors (Lipinski definition) is 0. The van der Waals surface area contributed by atoms with Gasteiger partial charge in [0.05, 0.1) is 6.42 Å². The van der Waals surface area contributed by atoms with Gasteiger partial charge in [0.15, 0.2) is 5.52 Å². The number of hydrogen-bond acceptors (Lipinski definition) is 2. The molecule has 2 nitrogen and oxygen atoms in total. The Kier molecular flexibility index (Phi) is 4.38. The normalized spacial score (nSPS) is 10.3. The van der Waals surface area contributed by atoms with Gasteiger partial charge in [-0.15, -0.1) is 0 Å². The number of carbonyl (C=O) groups is 2. The predicted octanol–water partition coefficient (Wildman–Crippen LogP) is 2.23. The number of benzene rings is 2. The summed E-state index contributed by atoms with van der Waals surface area (Å²) in [7, 11) is -1.09. The van der Waals surface area contributed by atoms with E-state index in [1.165, 1.54) is 0 Å². The summed E-state index contributed by atoms with van der Waals surface area (Å²) in [5, 5.41) is 1.98. The highest BCUT2D eigenvalue weighted by Gasteiger charge is 2.21. The Morgan fingerprint density at radius 3 is 1.72 bits per heavy atom. The minimum atomic E-state index is -1.09. The first-order valence-electron chi connectivity index (χ1n) is 5.69. The highest BCUT2D eigenvalue weighted by atomic mass is 31.1. The Labute approximate surface area is 107 Å². The van der Waals surface area contributed by atoms with Crippen LogP contribution in [-0.2, 0) is 9.59 Å². The first-order valence-corrected chi connectivity index (χ1v) is 7.04. The van der Waals surface area contributed by atoms with Crippen molar-refractivity contribution in [2.24, 2.45) is 0 Å². The van der Waals surface area contributed by atoms with Crippen molar-refractivity contribution in [1.29, 1.82) is 0 Å². The molecule has 0 heterocycles. The fourth-order valence-electron chi connectivity index (χ4n) is 1.75. The molecule has 2 rings (SSSR count). The van der Waals surface area contributed by atoms with Crippen LogP contribution in [-0.4, -0.2) is 11.8 Å². The molecule has 0 aliphatic heterocycles. The quantitative estimate of drug-likeness (QED) is 0.467. The van der Waals surface area contributed by atoms with Crippen LogP contribution in [0.5, 0.6) is 0 Å². The summed E-state index contributed by atoms with van der Waals surface area (Å²) in [6.45, 7) is 0. The first kappa shape index (κ1) is 12.7. The van der Waals surface area contributed by atoms with Crippen LogP contribution >= 0.6 is 7.92 Å². The lowest BCUT2D eigenvalue weighted by Gasteiger charge is -2.15. The lowest BCUT2D eigenvalue weighted by molar-refractivity contribution is -0.116. The summed E-state index contributed by atoms with van der Waals surface area (Å²) in [6.07, 6.45) is 0.666. The molecule has 0 saturated heterocycles. The minimum absolute atomic E-state index is 0.00241. The average molecular weight is 256 g/mol. The van der Waals surface area contributed by atoms with Crippen molar-refractivity contribution in [1.82, 2.24) is 0 Å². The fourth-order valence-corrected chi connectivity index (χ4v) is 3.83. The van der Waals surface area contributed by atoms with Gasteiger partial charge in [0.2, 0.25) is 0 Å². The molecule has 0 atom stereocenters. The van der Waals surface area contributed by atoms with E-state index < -0.39 is 7.92 Å². The van der Waals surface area contributed by atoms with E-state index in [1.54, 1.807) is 0 Å². The van der Waals surface area contributed by atoms with Crippen molar-refractivity contribution in [3.05, 3.63) is 60.7 Å². The highest BCUT2D eigenvalue weighted by molar-refractivity contribution is 7.87. The van der Waals surface area contributed by atoms with Gasteiger partial charge in [0.25, 0.3) is 0 Å². The third kappa shape index (κ3) is 2.91. The minimum Gasteiger partial charge on any atom is -0.303 e. The lowest BCUT2D eigenvalue weighted by Crippen LogP contribution is -2.18. The van der Waals surface area contributed by atoms with Crippen molar-refractivity contribution in [2.45, 2.75) is 6.42 Å². The van der Waals surface area contributed by atoms with E-state index in [2.05, 4.69) is 0 Å². The second-order valence-electron chi connectivity index (χ2n) is 3.77. The SMILES string of the molecule is O=CCC(=O)P(c1ccccc1)c1ccccc1. The molecular weight excluding hydrogens is 243 g/mol. The maximum atomic E-state index is 12.1. The molecule has 0 radical (unpaired) electrons. The largest absolute Gasteiger partial charge is 0.303 e. The lowest BCUT2D eigenvalue weighted by atomic mass is 10.4. The molecule has 0 N–H and O–H groups in total. The van der Waals surface area contributed by atoms with Gasteiger partial charge >= 0.3 is 0 Å². The van der Waals surface area contributed by atoms with E-state index in [0.717, 1.165) is 10.6 Å². The van der Waals surface area contributed by atoms with Gasteiger partial charge in [-0.25, -0.2) is 0 Å². The van der Waals surface area contributed by atoms with Gasteiger partial charge < -0.3 is 4.79 Å². The number of carbonyl (C=O) groups excluding carboxylic acids is 2. The Morgan fingerprint density at radius 2 is 1.33 bits per heavy atom. The van der Waals surface area contributed by atoms with Gasteiger partial charge in [-0.05, 0) is 10.6 Å². The van der Waals surface area contributed by atoms with E-state index in [9.17, 15) is 9.59 Å². The Balaban J connectivity index is 2.41. The van der Waals surface area contributed by atoms with Gasteiger partial charge in [0.1, 0.15) is 6.29 Å². The molecule has 0 fully saturated rings. The highest BCUT2D eigenvalue weighted by Crippen LogP contribution is 2.35. The number of aldehydes is 1. The maximum absolute atomic E-state index is 12.1. The summed E-state index contributed by atoms with van der Waals surface area (Å²) in [6, 6.07) is 19.3. The third-order valence-electron chi connectivity index (χ3n) is 2.54. The van der Waals surface area contributed by atoms with Crippen molar-refractivity contribution < 1.29 is 9.59 Å². The molecule has 0 amide bonds. The Morgan fingerprint density at radius 1 is 0.889 bits per heavy atom. The first-order chi connectivity index (χ1) is 8.83. The van der Waals surface area contributed by atoms with Crippen LogP contribution < -0.4 is 10.6 Å². The van der Waals surface area contributed by atoms with Crippen molar-refractivity contribution >= 4 is 30.3 Å². The summed E-state index contributed by atoms with van der Waals surface area (Å²) in [5.41, 5.74) is -0.00241. The van der Waals surface area contributed by atoms with Crippen molar-refractivity contribution in [3.8, 4) is 0 Å². The molecule has 0 aromatic heterocycles. The van der Waals surface area contributed by atoms with Crippen LogP contribution in [0.25, 0.3) is 0 Å². The zero-order valence-corrected chi connectivity index (χ0v) is 10.7. The zero-order chi connectivity index (χ0) is 12.8. The molecule has 18 heavy (non-hydrogen) atoms. The molecular formula is C15H13O2P. The Bertz CT molecular complexity index is 483. The molecule has 0 aliphatic rings. The van der Waals surface area contributed by atoms with Crippen LogP contribution in [0.2, 0.25) is 0 Å². The van der Waals surface area contributed by atoms with Gasteiger partial charge in [-0.3, -0.25) is 4.79 Å². The fraction of sp³-hybridized carbons (Fsp3) is 0.0667. The molecule has 3 heteroatoms. The topological polar surface area (TPSA) is 34.1 Å². The van der Waals surface area contributed by atoms with Crippen molar-refractivity contribution in [2.75, 3.05) is 0 Å². The summed E-state index contributed by atoms with van der Waals surface area (Å²) < 4.78 is 0. The van der Waals surface area contributed by atoms with Gasteiger partial charge in [0, 0.05) is 7.92 Å². The average Bonchev–Trinajstić information content (AvgIpc) is 2.42. The maximum Gasteiger partial charge on any atom is 0.170 e. The summed E-state index contributed by atoms with van der Waals surface area (Å²) in [4.78, 5) is 22.7. The van der Waals surface area contributed by atoms with Crippen molar-refractivity contribution in [3.63, 3.8) is 0 Å². The molecule has 0 bridgehead atoms. The molecule has 0 aliphatic carbocycles. The monoisotopic (exact) mass is 256 g/mol. The summed E-state index contributed by atoms with van der Waals surface area (Å²) in [5.74, 6) is 0. The van der Waals surface area contributed by atoms with E-state index in [1.807, 2.05) is 60.7 Å². The second kappa shape index (κ2) is 6.23. The molecule has 0 spiro atoms. The van der Waals surface area contributed by atoms with Crippen LogP contribution in [0.4, 0.5) is 0 Å². The zero-order valence-electron chi connectivity index (χ0n) is 9.82. The molecule has 0 unspecified atom stereocenters. The van der Waals surface area contributed by atoms with Crippen LogP contribution in [0.1, 0.15) is 6.42 Å². The molecule has 90 valence electrons. The summed E-state index contributed by atoms with van der Waals surface area (Å²) >= 11 is 0. The van der Waals surface area contributed by atoms with Gasteiger partial charge in [-0.1, -0.05) is 60.7 Å². The second-order valence-corrected chi connectivity index (χ2v) is 5.97. The number of rotatable bonds is 5. The standard InChI is InChI=1S/C15H13O2P/c16-12-11-15(17)18(13-7-3-1-4-8-13)14-9-5-2-6-10-14/h1-10,12H,11H2. The Hall–Kier alpha value is -1.79. The van der Waals surface area contributed by atoms with Crippen LogP contribution in [0.3, 0.4) is 0 Å². The van der Waals surface area contributed by atoms with E-state index in [-0.39, 0.29) is 11.9 Å². The third-order valence-corrected chi connectivity index (χ3v) is 4.85. The van der Waals surface area contributed by atoms with E-state index in [4.69, 9.17) is 0 Å². The van der Waals surface area contributed by atoms with E-state index in [0.29, 0.717) is 6.29 Å². The van der Waals surface area contributed by atoms with Crippen LogP contribution in [0.15, 0.2) is 60.7 Å². The molecule has 2 aromatic rings. The van der Waals surface area contributed by atoms with Gasteiger partial charge in [-0.2, -0.15) is 0 Å². The predicted molar refractivity (Wildman–Crippen MR) is 74.8 cm³/mol.